The van der Waals surface area contributed by atoms with Gasteiger partial charge in [-0.15, -0.1) is 13.2 Å². The monoisotopic (exact) mass is 584 g/mol. The Labute approximate surface area is 238 Å². The van der Waals surface area contributed by atoms with E-state index in [-0.39, 0.29) is 30.0 Å². The van der Waals surface area contributed by atoms with Gasteiger partial charge in [0.1, 0.15) is 11.8 Å². The first kappa shape index (κ1) is 31.6. The third-order valence-corrected chi connectivity index (χ3v) is 5.63. The van der Waals surface area contributed by atoms with E-state index >= 15 is 0 Å². The average Bonchev–Trinajstić information content (AvgIpc) is 2.95. The fourth-order valence-corrected chi connectivity index (χ4v) is 3.58. The number of alkyl halides is 3. The number of ether oxygens (including phenoxy) is 1. The number of hydroxylamine groups is 1. The van der Waals surface area contributed by atoms with Crippen molar-refractivity contribution in [3.8, 4) is 17.6 Å². The maximum atomic E-state index is 12.6. The lowest BCUT2D eigenvalue weighted by molar-refractivity contribution is -0.274. The number of carbonyl (C=O) groups excluding carboxylic acids is 3. The highest BCUT2D eigenvalue weighted by molar-refractivity contribution is 5.97. The van der Waals surface area contributed by atoms with Crippen LogP contribution in [0.2, 0.25) is 0 Å². The fraction of sp³-hybridized carbons (Fsp3) is 0.207. The van der Waals surface area contributed by atoms with Gasteiger partial charge in [0.05, 0.1) is 12.6 Å². The summed E-state index contributed by atoms with van der Waals surface area (Å²) in [4.78, 5) is 36.2. The molecule has 0 saturated carbocycles. The minimum absolute atomic E-state index is 0.0108. The van der Waals surface area contributed by atoms with Crippen molar-refractivity contribution in [3.05, 3.63) is 95.1 Å². The molecule has 6 N–H and O–H groups in total. The smallest absolute Gasteiger partial charge is 0.405 e. The molecule has 0 saturated heterocycles. The van der Waals surface area contributed by atoms with Crippen LogP contribution in [-0.4, -0.2) is 53.1 Å². The number of anilines is 1. The second-order valence-corrected chi connectivity index (χ2v) is 8.88. The Morgan fingerprint density at radius 2 is 1.52 bits per heavy atom. The van der Waals surface area contributed by atoms with Crippen LogP contribution >= 0.6 is 0 Å². The highest BCUT2D eigenvalue weighted by Gasteiger charge is 2.32. The Bertz CT molecular complexity index is 1450. The predicted octanol–water partition coefficient (Wildman–Crippen LogP) is 2.70. The van der Waals surface area contributed by atoms with Crippen molar-refractivity contribution in [1.29, 1.82) is 0 Å². The van der Waals surface area contributed by atoms with E-state index in [9.17, 15) is 32.7 Å². The SMILES string of the molecule is C[C@@H](O)[C@H](NC(=O)c1ccc(C#Cc2ccc(NC(=O)CNCc3ccccc3OC(F)(F)F)cc2)cc1)C(=O)NO. The Hall–Kier alpha value is -4.90. The van der Waals surface area contributed by atoms with Crippen LogP contribution < -0.4 is 26.2 Å². The molecule has 3 aromatic carbocycles. The van der Waals surface area contributed by atoms with E-state index < -0.39 is 36.2 Å². The third kappa shape index (κ3) is 9.93. The second kappa shape index (κ2) is 14.6. The highest BCUT2D eigenvalue weighted by Crippen LogP contribution is 2.26. The van der Waals surface area contributed by atoms with Crippen molar-refractivity contribution in [2.24, 2.45) is 0 Å². The molecule has 0 unspecified atom stereocenters. The topological polar surface area (TPSA) is 149 Å². The molecule has 0 aliphatic heterocycles. The van der Waals surface area contributed by atoms with Crippen molar-refractivity contribution < 1.29 is 42.6 Å². The zero-order valence-electron chi connectivity index (χ0n) is 22.2. The molecule has 42 heavy (non-hydrogen) atoms. The van der Waals surface area contributed by atoms with Crippen molar-refractivity contribution in [2.75, 3.05) is 11.9 Å². The molecule has 2 atom stereocenters. The van der Waals surface area contributed by atoms with E-state index in [1.165, 1.54) is 42.7 Å². The molecule has 0 bridgehead atoms. The summed E-state index contributed by atoms with van der Waals surface area (Å²) in [5.41, 5.74) is 3.59. The molecule has 3 rings (SSSR count). The van der Waals surface area contributed by atoms with Crippen LogP contribution in [0.5, 0.6) is 5.75 Å². The largest absolute Gasteiger partial charge is 0.573 e. The Morgan fingerprint density at radius 1 is 0.929 bits per heavy atom. The number of halogens is 3. The molecule has 13 heteroatoms. The highest BCUT2D eigenvalue weighted by atomic mass is 19.4. The van der Waals surface area contributed by atoms with Gasteiger partial charge in [-0.25, -0.2) is 5.48 Å². The van der Waals surface area contributed by atoms with Gasteiger partial charge in [0.2, 0.25) is 5.91 Å². The second-order valence-electron chi connectivity index (χ2n) is 8.88. The van der Waals surface area contributed by atoms with Gasteiger partial charge in [0.15, 0.2) is 0 Å². The molecule has 0 aliphatic rings. The summed E-state index contributed by atoms with van der Waals surface area (Å²) < 4.78 is 41.7. The molecule has 10 nitrogen and oxygen atoms in total. The number of carbonyl (C=O) groups is 3. The number of benzene rings is 3. The maximum Gasteiger partial charge on any atom is 0.573 e. The molecule has 0 fully saturated rings. The van der Waals surface area contributed by atoms with Gasteiger partial charge in [0.25, 0.3) is 11.8 Å². The Kier molecular flexibility index (Phi) is 11.0. The average molecular weight is 585 g/mol. The minimum atomic E-state index is -4.82. The number of rotatable bonds is 10. The molecule has 220 valence electrons. The molecule has 0 spiro atoms. The third-order valence-electron chi connectivity index (χ3n) is 5.63. The van der Waals surface area contributed by atoms with E-state index in [1.807, 2.05) is 0 Å². The summed E-state index contributed by atoms with van der Waals surface area (Å²) in [6.45, 7) is 1.13. The number of hydrogen-bond donors (Lipinski definition) is 6. The molecule has 0 aromatic heterocycles. The summed E-state index contributed by atoms with van der Waals surface area (Å²) in [6, 6.07) is 17.1. The normalized spacial score (nSPS) is 12.2. The van der Waals surface area contributed by atoms with Crippen molar-refractivity contribution >= 4 is 23.4 Å². The number of amides is 3. The Morgan fingerprint density at radius 3 is 2.10 bits per heavy atom. The predicted molar refractivity (Wildman–Crippen MR) is 145 cm³/mol. The number of aliphatic hydroxyl groups is 1. The first-order valence-corrected chi connectivity index (χ1v) is 12.4. The van der Waals surface area contributed by atoms with Gasteiger partial charge >= 0.3 is 6.36 Å². The zero-order valence-corrected chi connectivity index (χ0v) is 22.2. The van der Waals surface area contributed by atoms with Crippen LogP contribution in [0.4, 0.5) is 18.9 Å². The quantitative estimate of drug-likeness (QED) is 0.122. The summed E-state index contributed by atoms with van der Waals surface area (Å²) in [5, 5.41) is 26.2. The fourth-order valence-electron chi connectivity index (χ4n) is 3.58. The number of aliphatic hydroxyl groups excluding tert-OH is 1. The Balaban J connectivity index is 1.50. The van der Waals surface area contributed by atoms with Crippen molar-refractivity contribution in [3.63, 3.8) is 0 Å². The first-order valence-electron chi connectivity index (χ1n) is 12.4. The van der Waals surface area contributed by atoms with Crippen LogP contribution in [0.3, 0.4) is 0 Å². The van der Waals surface area contributed by atoms with E-state index in [0.29, 0.717) is 16.8 Å². The number of nitrogens with one attached hydrogen (secondary N) is 4. The van der Waals surface area contributed by atoms with Crippen molar-refractivity contribution in [1.82, 2.24) is 16.1 Å². The number of para-hydroxylation sites is 1. The molecule has 0 radical (unpaired) electrons. The molecular formula is C29H27F3N4O6. The molecular weight excluding hydrogens is 557 g/mol. The molecule has 3 amide bonds. The van der Waals surface area contributed by atoms with Crippen LogP contribution in [0.1, 0.15) is 34.0 Å². The van der Waals surface area contributed by atoms with E-state index in [1.54, 1.807) is 42.5 Å². The van der Waals surface area contributed by atoms with Gasteiger partial charge in [-0.1, -0.05) is 30.0 Å². The van der Waals surface area contributed by atoms with Gasteiger partial charge < -0.3 is 25.8 Å². The summed E-state index contributed by atoms with van der Waals surface area (Å²) in [5.74, 6) is 3.57. The van der Waals surface area contributed by atoms with Crippen LogP contribution in [0, 0.1) is 11.8 Å². The van der Waals surface area contributed by atoms with Gasteiger partial charge in [-0.05, 0) is 61.5 Å². The number of hydrogen-bond acceptors (Lipinski definition) is 7. The lowest BCUT2D eigenvalue weighted by atomic mass is 10.1. The summed E-state index contributed by atoms with van der Waals surface area (Å²) in [7, 11) is 0. The summed E-state index contributed by atoms with van der Waals surface area (Å²) >= 11 is 0. The first-order chi connectivity index (χ1) is 19.9. The molecule has 0 aliphatic carbocycles. The van der Waals surface area contributed by atoms with Crippen LogP contribution in [0.25, 0.3) is 0 Å². The van der Waals surface area contributed by atoms with E-state index in [4.69, 9.17) is 5.21 Å². The van der Waals surface area contributed by atoms with Crippen molar-refractivity contribution in [2.45, 2.75) is 32.0 Å². The van der Waals surface area contributed by atoms with Crippen LogP contribution in [-0.2, 0) is 16.1 Å². The van der Waals surface area contributed by atoms with E-state index in [0.717, 1.165) is 0 Å². The lowest BCUT2D eigenvalue weighted by Crippen LogP contribution is -2.51. The lowest BCUT2D eigenvalue weighted by Gasteiger charge is -2.19. The summed E-state index contributed by atoms with van der Waals surface area (Å²) in [6.07, 6.45) is -6.05. The molecule has 0 heterocycles. The zero-order chi connectivity index (χ0) is 30.7. The van der Waals surface area contributed by atoms with E-state index in [2.05, 4.69) is 32.5 Å². The minimum Gasteiger partial charge on any atom is -0.405 e. The standard InChI is InChI=1S/C29H27F3N4O6/c1-18(37)26(28(40)36-41)35-27(39)21-12-8-19(9-13-21)6-7-20-10-14-23(15-11-20)34-25(38)17-33-16-22-4-2-3-5-24(22)42-29(30,31)32/h2-5,8-15,18,26,33,37,41H,16-17H2,1H3,(H,34,38)(H,35,39)(H,36,40)/t18-,26+/m1/s1. The van der Waals surface area contributed by atoms with Gasteiger partial charge in [-0.2, -0.15) is 0 Å². The van der Waals surface area contributed by atoms with Gasteiger partial charge in [0, 0.05) is 34.5 Å². The van der Waals surface area contributed by atoms with Crippen LogP contribution in [0.15, 0.2) is 72.8 Å². The van der Waals surface area contributed by atoms with Gasteiger partial charge in [-0.3, -0.25) is 19.6 Å². The molecule has 3 aromatic rings. The maximum absolute atomic E-state index is 12.6.